The van der Waals surface area contributed by atoms with Gasteiger partial charge in [-0.2, -0.15) is 0 Å². The first-order valence-corrected chi connectivity index (χ1v) is 9.54. The molecule has 0 unspecified atom stereocenters. The summed E-state index contributed by atoms with van der Waals surface area (Å²) >= 11 is 0. The van der Waals surface area contributed by atoms with E-state index in [9.17, 15) is 22.8 Å². The number of hydrogen-bond acceptors (Lipinski definition) is 3. The fourth-order valence-corrected chi connectivity index (χ4v) is 3.05. The molecule has 1 N–H and O–H groups in total. The summed E-state index contributed by atoms with van der Waals surface area (Å²) in [5, 5.41) is 9.89. The third-order valence-electron chi connectivity index (χ3n) is 4.61. The fraction of sp³-hybridized carbons (Fsp3) is 0.217. The molecular formula is C23H19F3N2O4. The Bertz CT molecular complexity index is 1190. The number of alkyl halides is 3. The number of carboxylic acids is 1. The average molecular weight is 444 g/mol. The number of carboxylic acid groups (broad SMARTS) is 1. The molecule has 6 nitrogen and oxygen atoms in total. The largest absolute Gasteiger partial charge is 0.573 e. The van der Waals surface area contributed by atoms with E-state index >= 15 is 0 Å². The Morgan fingerprint density at radius 2 is 1.84 bits per heavy atom. The molecule has 0 aliphatic rings. The molecule has 1 aromatic heterocycles. The predicted molar refractivity (Wildman–Crippen MR) is 112 cm³/mol. The van der Waals surface area contributed by atoms with Crippen LogP contribution in [0.15, 0.2) is 54.7 Å². The third-order valence-corrected chi connectivity index (χ3v) is 4.61. The van der Waals surface area contributed by atoms with Gasteiger partial charge in [0.25, 0.3) is 0 Å². The highest BCUT2D eigenvalue weighted by Crippen LogP contribution is 2.24. The highest BCUT2D eigenvalue weighted by atomic mass is 19.4. The molecular weight excluding hydrogens is 425 g/mol. The lowest BCUT2D eigenvalue weighted by molar-refractivity contribution is -0.274. The van der Waals surface area contributed by atoms with E-state index in [1.54, 1.807) is 36.0 Å². The molecule has 2 aromatic carbocycles. The first-order valence-electron chi connectivity index (χ1n) is 9.54. The molecule has 1 heterocycles. The van der Waals surface area contributed by atoms with Crippen LogP contribution in [-0.4, -0.2) is 35.0 Å². The van der Waals surface area contributed by atoms with E-state index in [2.05, 4.69) is 16.6 Å². The maximum atomic E-state index is 12.5. The van der Waals surface area contributed by atoms with Gasteiger partial charge in [-0.25, -0.2) is 0 Å². The van der Waals surface area contributed by atoms with Crippen molar-refractivity contribution < 1.29 is 32.6 Å². The van der Waals surface area contributed by atoms with Crippen LogP contribution < -0.4 is 9.64 Å². The summed E-state index contributed by atoms with van der Waals surface area (Å²) < 4.78 is 41.9. The van der Waals surface area contributed by atoms with E-state index in [0.29, 0.717) is 16.8 Å². The highest BCUT2D eigenvalue weighted by molar-refractivity contribution is 5.95. The second-order valence-corrected chi connectivity index (χ2v) is 6.91. The monoisotopic (exact) mass is 444 g/mol. The van der Waals surface area contributed by atoms with Crippen LogP contribution in [0.2, 0.25) is 0 Å². The number of hydrogen-bond donors (Lipinski definition) is 1. The molecule has 1 amide bonds. The normalized spacial score (nSPS) is 11.0. The number of ether oxygens (including phenoxy) is 1. The topological polar surface area (TPSA) is 71.8 Å². The highest BCUT2D eigenvalue weighted by Gasteiger charge is 2.30. The Balaban J connectivity index is 1.59. The van der Waals surface area contributed by atoms with Gasteiger partial charge in [-0.05, 0) is 47.9 Å². The number of fused-ring (bicyclic) bond motifs is 1. The van der Waals surface area contributed by atoms with Crippen molar-refractivity contribution in [2.75, 3.05) is 11.9 Å². The van der Waals surface area contributed by atoms with Crippen LogP contribution in [-0.2, 0) is 16.1 Å². The quantitative estimate of drug-likeness (QED) is 0.572. The van der Waals surface area contributed by atoms with Crippen LogP contribution in [0.1, 0.15) is 18.4 Å². The van der Waals surface area contributed by atoms with Crippen molar-refractivity contribution in [1.29, 1.82) is 0 Å². The Morgan fingerprint density at radius 1 is 1.12 bits per heavy atom. The first kappa shape index (κ1) is 22.7. The van der Waals surface area contributed by atoms with Gasteiger partial charge < -0.3 is 19.3 Å². The number of aliphatic carboxylic acids is 1. The number of anilines is 1. The van der Waals surface area contributed by atoms with Crippen LogP contribution in [0.4, 0.5) is 18.9 Å². The van der Waals surface area contributed by atoms with E-state index in [1.165, 1.54) is 29.2 Å². The summed E-state index contributed by atoms with van der Waals surface area (Å²) in [4.78, 5) is 25.0. The molecule has 9 heteroatoms. The maximum absolute atomic E-state index is 12.5. The van der Waals surface area contributed by atoms with Crippen molar-refractivity contribution in [2.24, 2.45) is 0 Å². The molecule has 0 saturated heterocycles. The number of amides is 1. The minimum atomic E-state index is -4.75. The average Bonchev–Trinajstić information content (AvgIpc) is 3.12. The summed E-state index contributed by atoms with van der Waals surface area (Å²) in [6.45, 7) is -0.177. The molecule has 0 fully saturated rings. The van der Waals surface area contributed by atoms with Gasteiger partial charge >= 0.3 is 12.3 Å². The van der Waals surface area contributed by atoms with Crippen LogP contribution in [0.3, 0.4) is 0 Å². The standard InChI is InChI=1S/C23H19F3N2O4/c1-27(18-9-8-17-12-13-28(15-22(30)31)20(17)14-18)21(29)5-3-2-4-16-6-10-19(11-7-16)32-23(24,25)26/h6-14H,3,5,15H2,1H3,(H,30,31). The second-order valence-electron chi connectivity index (χ2n) is 6.91. The Labute approximate surface area is 181 Å². The van der Waals surface area contributed by atoms with Crippen LogP contribution in [0, 0.1) is 11.8 Å². The van der Waals surface area contributed by atoms with E-state index in [1.807, 2.05) is 6.07 Å². The van der Waals surface area contributed by atoms with Crippen molar-refractivity contribution in [1.82, 2.24) is 4.57 Å². The Kier molecular flexibility index (Phi) is 6.73. The SMILES string of the molecule is CN(C(=O)CCC#Cc1ccc(OC(F)(F)F)cc1)c1ccc2ccn(CC(=O)O)c2c1. The molecule has 0 bridgehead atoms. The molecule has 3 rings (SSSR count). The number of nitrogens with zero attached hydrogens (tertiary/aromatic N) is 2. The minimum absolute atomic E-state index is 0.146. The smallest absolute Gasteiger partial charge is 0.480 e. The van der Waals surface area contributed by atoms with Gasteiger partial charge in [0.1, 0.15) is 12.3 Å². The predicted octanol–water partition coefficient (Wildman–Crippen LogP) is 4.42. The Hall–Kier alpha value is -3.93. The van der Waals surface area contributed by atoms with Gasteiger partial charge in [0.05, 0.1) is 5.52 Å². The van der Waals surface area contributed by atoms with Gasteiger partial charge in [-0.1, -0.05) is 17.9 Å². The number of aromatic nitrogens is 1. The molecule has 0 atom stereocenters. The number of halogens is 3. The summed E-state index contributed by atoms with van der Waals surface area (Å²) in [6, 6.07) is 12.3. The fourth-order valence-electron chi connectivity index (χ4n) is 3.05. The number of rotatable bonds is 6. The van der Waals surface area contributed by atoms with E-state index in [0.717, 1.165) is 5.39 Å². The van der Waals surface area contributed by atoms with Crippen molar-refractivity contribution >= 4 is 28.5 Å². The molecule has 166 valence electrons. The van der Waals surface area contributed by atoms with Crippen LogP contribution >= 0.6 is 0 Å². The molecule has 0 aliphatic heterocycles. The summed E-state index contributed by atoms with van der Waals surface area (Å²) in [5.41, 5.74) is 1.84. The summed E-state index contributed by atoms with van der Waals surface area (Å²) in [6.07, 6.45) is -2.65. The zero-order chi connectivity index (χ0) is 23.3. The lowest BCUT2D eigenvalue weighted by Crippen LogP contribution is -2.25. The molecule has 0 aliphatic carbocycles. The van der Waals surface area contributed by atoms with Crippen molar-refractivity contribution in [2.45, 2.75) is 25.7 Å². The van der Waals surface area contributed by atoms with E-state index in [-0.39, 0.29) is 31.0 Å². The molecule has 0 spiro atoms. The number of carbonyl (C=O) groups excluding carboxylic acids is 1. The lowest BCUT2D eigenvalue weighted by atomic mass is 10.2. The third kappa shape index (κ3) is 6.04. The number of benzene rings is 2. The summed E-state index contributed by atoms with van der Waals surface area (Å²) in [5.74, 6) is 4.17. The molecule has 0 saturated carbocycles. The van der Waals surface area contributed by atoms with E-state index in [4.69, 9.17) is 5.11 Å². The summed E-state index contributed by atoms with van der Waals surface area (Å²) in [7, 11) is 1.63. The molecule has 32 heavy (non-hydrogen) atoms. The van der Waals surface area contributed by atoms with Crippen molar-refractivity contribution in [3.05, 3.63) is 60.3 Å². The number of carbonyl (C=O) groups is 2. The maximum Gasteiger partial charge on any atom is 0.573 e. The first-order chi connectivity index (χ1) is 15.1. The zero-order valence-corrected chi connectivity index (χ0v) is 17.0. The molecule has 3 aromatic rings. The van der Waals surface area contributed by atoms with Crippen molar-refractivity contribution in [3.8, 4) is 17.6 Å². The molecule has 0 radical (unpaired) electrons. The van der Waals surface area contributed by atoms with Gasteiger partial charge in [0, 0.05) is 37.3 Å². The van der Waals surface area contributed by atoms with Gasteiger partial charge in [0.15, 0.2) is 0 Å². The van der Waals surface area contributed by atoms with Crippen molar-refractivity contribution in [3.63, 3.8) is 0 Å². The minimum Gasteiger partial charge on any atom is -0.480 e. The van der Waals surface area contributed by atoms with Gasteiger partial charge in [0.2, 0.25) is 5.91 Å². The van der Waals surface area contributed by atoms with Gasteiger partial charge in [-0.15, -0.1) is 13.2 Å². The second kappa shape index (κ2) is 9.47. The van der Waals surface area contributed by atoms with Crippen LogP contribution in [0.5, 0.6) is 5.75 Å². The lowest BCUT2D eigenvalue weighted by Gasteiger charge is -2.17. The zero-order valence-electron chi connectivity index (χ0n) is 17.0. The van der Waals surface area contributed by atoms with Crippen LogP contribution in [0.25, 0.3) is 10.9 Å². The van der Waals surface area contributed by atoms with Gasteiger partial charge in [-0.3, -0.25) is 9.59 Å². The Morgan fingerprint density at radius 3 is 2.50 bits per heavy atom. The van der Waals surface area contributed by atoms with E-state index < -0.39 is 12.3 Å².